The number of hydrogen-bond acceptors (Lipinski definition) is 1. The second-order valence-electron chi connectivity index (χ2n) is 4.04. The van der Waals surface area contributed by atoms with E-state index in [4.69, 9.17) is 0 Å². The van der Waals surface area contributed by atoms with E-state index in [9.17, 15) is 4.39 Å². The summed E-state index contributed by atoms with van der Waals surface area (Å²) < 4.78 is 14.3. The van der Waals surface area contributed by atoms with Gasteiger partial charge < -0.3 is 5.32 Å². The third kappa shape index (κ3) is 1.19. The third-order valence-corrected chi connectivity index (χ3v) is 3.22. The van der Waals surface area contributed by atoms with Crippen LogP contribution >= 0.6 is 15.9 Å². The molecule has 0 aliphatic carbocycles. The molecule has 0 saturated heterocycles. The summed E-state index contributed by atoms with van der Waals surface area (Å²) in [6, 6.07) is 3.39. The molecule has 0 unspecified atom stereocenters. The van der Waals surface area contributed by atoms with Gasteiger partial charge >= 0.3 is 0 Å². The minimum Gasteiger partial charge on any atom is -0.356 e. The van der Waals surface area contributed by atoms with Gasteiger partial charge in [-0.3, -0.25) is 0 Å². The molecular weight excluding hydrogens is 245 g/mol. The molecule has 0 atom stereocenters. The smallest absolute Gasteiger partial charge is 0.148 e. The van der Waals surface area contributed by atoms with E-state index in [0.29, 0.717) is 5.69 Å². The van der Waals surface area contributed by atoms with Crippen molar-refractivity contribution >= 4 is 21.6 Å². The molecule has 0 radical (unpaired) electrons. The van der Waals surface area contributed by atoms with Gasteiger partial charge in [0.1, 0.15) is 5.82 Å². The number of allylic oxidation sites excluding steroid dienone is 1. The Morgan fingerprint density at radius 1 is 1.43 bits per heavy atom. The highest BCUT2D eigenvalue weighted by molar-refractivity contribution is 9.10. The van der Waals surface area contributed by atoms with Crippen molar-refractivity contribution in [3.8, 4) is 0 Å². The first-order valence-electron chi connectivity index (χ1n) is 4.39. The average Bonchev–Trinajstić information content (AvgIpc) is 2.28. The highest BCUT2D eigenvalue weighted by Gasteiger charge is 2.35. The van der Waals surface area contributed by atoms with Crippen LogP contribution in [0.4, 0.5) is 10.1 Å². The van der Waals surface area contributed by atoms with E-state index in [2.05, 4.69) is 27.8 Å². The lowest BCUT2D eigenvalue weighted by molar-refractivity contribution is 0.624. The van der Waals surface area contributed by atoms with Crippen molar-refractivity contribution in [2.24, 2.45) is 0 Å². The van der Waals surface area contributed by atoms with E-state index in [1.54, 1.807) is 0 Å². The largest absolute Gasteiger partial charge is 0.356 e. The number of rotatable bonds is 0. The second kappa shape index (κ2) is 2.83. The van der Waals surface area contributed by atoms with Crippen molar-refractivity contribution in [2.45, 2.75) is 19.3 Å². The van der Waals surface area contributed by atoms with Gasteiger partial charge in [0, 0.05) is 15.6 Å². The Kier molecular flexibility index (Phi) is 1.96. The van der Waals surface area contributed by atoms with Gasteiger partial charge in [-0.2, -0.15) is 0 Å². The van der Waals surface area contributed by atoms with Crippen molar-refractivity contribution < 1.29 is 4.39 Å². The van der Waals surface area contributed by atoms with Crippen LogP contribution in [0.15, 0.2) is 28.9 Å². The predicted octanol–water partition coefficient (Wildman–Crippen LogP) is 3.81. The van der Waals surface area contributed by atoms with E-state index in [-0.39, 0.29) is 11.2 Å². The molecule has 1 aromatic rings. The summed E-state index contributed by atoms with van der Waals surface area (Å²) in [4.78, 5) is 0. The molecule has 0 bridgehead atoms. The predicted molar refractivity (Wildman–Crippen MR) is 59.9 cm³/mol. The van der Waals surface area contributed by atoms with Gasteiger partial charge in [0.05, 0.1) is 5.69 Å². The molecule has 74 valence electrons. The van der Waals surface area contributed by atoms with Gasteiger partial charge in [0.25, 0.3) is 0 Å². The maximum Gasteiger partial charge on any atom is 0.148 e. The fourth-order valence-corrected chi connectivity index (χ4v) is 2.09. The first-order chi connectivity index (χ1) is 6.43. The minimum absolute atomic E-state index is 0.208. The highest BCUT2D eigenvalue weighted by atomic mass is 79.9. The van der Waals surface area contributed by atoms with Crippen LogP contribution in [0.5, 0.6) is 0 Å². The summed E-state index contributed by atoms with van der Waals surface area (Å²) >= 11 is 3.29. The summed E-state index contributed by atoms with van der Waals surface area (Å²) in [5, 5.41) is 2.99. The van der Waals surface area contributed by atoms with E-state index >= 15 is 0 Å². The SMILES string of the molecule is C=C1Nc2c(F)cc(Br)cc2C1(C)C. The van der Waals surface area contributed by atoms with E-state index < -0.39 is 0 Å². The molecule has 0 amide bonds. The summed E-state index contributed by atoms with van der Waals surface area (Å²) in [6.45, 7) is 7.96. The molecule has 0 saturated carbocycles. The lowest BCUT2D eigenvalue weighted by atomic mass is 9.84. The van der Waals surface area contributed by atoms with Gasteiger partial charge in [-0.05, 0) is 17.7 Å². The van der Waals surface area contributed by atoms with Crippen LogP contribution in [-0.4, -0.2) is 0 Å². The fraction of sp³-hybridized carbons (Fsp3) is 0.273. The van der Waals surface area contributed by atoms with Gasteiger partial charge in [-0.25, -0.2) is 4.39 Å². The Balaban J connectivity index is 2.71. The summed E-state index contributed by atoms with van der Waals surface area (Å²) in [5.74, 6) is -0.235. The maximum atomic E-state index is 13.5. The molecule has 14 heavy (non-hydrogen) atoms. The van der Waals surface area contributed by atoms with Crippen molar-refractivity contribution in [3.05, 3.63) is 40.3 Å². The quantitative estimate of drug-likeness (QED) is 0.744. The Morgan fingerprint density at radius 3 is 2.71 bits per heavy atom. The third-order valence-electron chi connectivity index (χ3n) is 2.76. The molecule has 1 aromatic carbocycles. The van der Waals surface area contributed by atoms with Crippen LogP contribution in [0.25, 0.3) is 0 Å². The number of benzene rings is 1. The number of anilines is 1. The van der Waals surface area contributed by atoms with Crippen molar-refractivity contribution in [3.63, 3.8) is 0 Å². The van der Waals surface area contributed by atoms with E-state index in [1.165, 1.54) is 6.07 Å². The molecule has 1 nitrogen and oxygen atoms in total. The maximum absolute atomic E-state index is 13.5. The van der Waals surface area contributed by atoms with Gasteiger partial charge in [-0.15, -0.1) is 0 Å². The zero-order valence-corrected chi connectivity index (χ0v) is 9.70. The standard InChI is InChI=1S/C11H11BrFN/c1-6-11(2,3)8-4-7(12)5-9(13)10(8)14-6/h4-5,14H,1H2,2-3H3. The molecule has 0 spiro atoms. The van der Waals surface area contributed by atoms with E-state index in [0.717, 1.165) is 15.7 Å². The van der Waals surface area contributed by atoms with Crippen LogP contribution in [0.1, 0.15) is 19.4 Å². The monoisotopic (exact) mass is 255 g/mol. The van der Waals surface area contributed by atoms with Gasteiger partial charge in [-0.1, -0.05) is 36.4 Å². The normalized spacial score (nSPS) is 17.9. The van der Waals surface area contributed by atoms with Gasteiger partial charge in [0.2, 0.25) is 0 Å². The van der Waals surface area contributed by atoms with Crippen LogP contribution in [-0.2, 0) is 5.41 Å². The van der Waals surface area contributed by atoms with Crippen molar-refractivity contribution in [1.29, 1.82) is 0 Å². The average molecular weight is 256 g/mol. The minimum atomic E-state index is -0.235. The Bertz CT molecular complexity index is 424. The Hall–Kier alpha value is -0.830. The second-order valence-corrected chi connectivity index (χ2v) is 4.95. The topological polar surface area (TPSA) is 12.0 Å². The lowest BCUT2D eigenvalue weighted by Crippen LogP contribution is -2.15. The highest BCUT2D eigenvalue weighted by Crippen LogP contribution is 2.44. The number of fused-ring (bicyclic) bond motifs is 1. The molecule has 1 N–H and O–H groups in total. The van der Waals surface area contributed by atoms with Crippen molar-refractivity contribution in [1.82, 2.24) is 0 Å². The fourth-order valence-electron chi connectivity index (χ4n) is 1.66. The zero-order chi connectivity index (χ0) is 10.5. The molecule has 1 heterocycles. The summed E-state index contributed by atoms with van der Waals surface area (Å²) in [7, 11) is 0. The van der Waals surface area contributed by atoms with Crippen LogP contribution in [0.3, 0.4) is 0 Å². The number of hydrogen-bond donors (Lipinski definition) is 1. The number of halogens is 2. The Labute approximate surface area is 91.1 Å². The summed E-state index contributed by atoms with van der Waals surface area (Å²) in [5.41, 5.74) is 2.14. The van der Waals surface area contributed by atoms with Crippen LogP contribution < -0.4 is 5.32 Å². The molecule has 3 heteroatoms. The molecule has 0 fully saturated rings. The Morgan fingerprint density at radius 2 is 2.07 bits per heavy atom. The molecule has 1 aliphatic heterocycles. The molecule has 0 aromatic heterocycles. The molecule has 2 rings (SSSR count). The van der Waals surface area contributed by atoms with Crippen LogP contribution in [0, 0.1) is 5.82 Å². The molecule has 1 aliphatic rings. The van der Waals surface area contributed by atoms with Crippen molar-refractivity contribution in [2.75, 3.05) is 5.32 Å². The summed E-state index contributed by atoms with van der Waals surface area (Å²) in [6.07, 6.45) is 0. The van der Waals surface area contributed by atoms with E-state index in [1.807, 2.05) is 19.9 Å². The van der Waals surface area contributed by atoms with Crippen LogP contribution in [0.2, 0.25) is 0 Å². The van der Waals surface area contributed by atoms with Gasteiger partial charge in [0.15, 0.2) is 0 Å². The first kappa shape index (κ1) is 9.71. The zero-order valence-electron chi connectivity index (χ0n) is 8.12. The lowest BCUT2D eigenvalue weighted by Gasteiger charge is -2.19. The first-order valence-corrected chi connectivity index (χ1v) is 5.18. The number of nitrogens with one attached hydrogen (secondary N) is 1. The molecular formula is C11H11BrFN.